The highest BCUT2D eigenvalue weighted by Crippen LogP contribution is 2.33. The van der Waals surface area contributed by atoms with Crippen LogP contribution in [0, 0.1) is 0 Å². The van der Waals surface area contributed by atoms with E-state index in [0.717, 1.165) is 6.42 Å². The second kappa shape index (κ2) is 11.8. The number of hydrogen-bond acceptors (Lipinski definition) is 0. The number of hydrogen-bond donors (Lipinski definition) is 0. The smallest absolute Gasteiger partial charge is 0.0136 e. The first kappa shape index (κ1) is 23.3. The van der Waals surface area contributed by atoms with Gasteiger partial charge in [-0.1, -0.05) is 164 Å². The lowest BCUT2D eigenvalue weighted by Gasteiger charge is -2.22. The lowest BCUT2D eigenvalue weighted by Crippen LogP contribution is -2.08. The summed E-state index contributed by atoms with van der Waals surface area (Å²) in [4.78, 5) is 0. The normalized spacial score (nSPS) is 12.2. The van der Waals surface area contributed by atoms with E-state index in [-0.39, 0.29) is 5.92 Å². The van der Waals surface area contributed by atoms with Crippen molar-refractivity contribution in [3.05, 3.63) is 178 Å². The van der Waals surface area contributed by atoms with Crippen LogP contribution in [0.15, 0.2) is 140 Å². The van der Waals surface area contributed by atoms with Crippen LogP contribution >= 0.6 is 0 Å². The van der Waals surface area contributed by atoms with Crippen molar-refractivity contribution in [2.75, 3.05) is 0 Å². The molecule has 0 bridgehead atoms. The maximum atomic E-state index is 2.28. The van der Waals surface area contributed by atoms with Gasteiger partial charge in [0.2, 0.25) is 0 Å². The third-order valence-electron chi connectivity index (χ3n) is 6.56. The van der Waals surface area contributed by atoms with Gasteiger partial charge in [0.1, 0.15) is 0 Å². The van der Waals surface area contributed by atoms with Gasteiger partial charge in [-0.2, -0.15) is 0 Å². The third-order valence-corrected chi connectivity index (χ3v) is 6.56. The molecular weight excluding hydrogens is 432 g/mol. The van der Waals surface area contributed by atoms with E-state index >= 15 is 0 Å². The molecule has 0 nitrogen and oxygen atoms in total. The molecule has 36 heavy (non-hydrogen) atoms. The van der Waals surface area contributed by atoms with E-state index in [2.05, 4.69) is 164 Å². The monoisotopic (exact) mass is 462 g/mol. The topological polar surface area (TPSA) is 0 Å². The van der Waals surface area contributed by atoms with Gasteiger partial charge >= 0.3 is 0 Å². The summed E-state index contributed by atoms with van der Waals surface area (Å²) in [6.45, 7) is 0. The first-order valence-corrected chi connectivity index (χ1v) is 12.5. The summed E-state index contributed by atoms with van der Waals surface area (Å²) >= 11 is 0. The second-order valence-electron chi connectivity index (χ2n) is 8.98. The average Bonchev–Trinajstić information content (AvgIpc) is 2.96. The van der Waals surface area contributed by atoms with Crippen molar-refractivity contribution in [1.29, 1.82) is 0 Å². The van der Waals surface area contributed by atoms with Crippen LogP contribution in [-0.2, 0) is 6.42 Å². The first-order chi connectivity index (χ1) is 17.9. The van der Waals surface area contributed by atoms with Gasteiger partial charge in [0.05, 0.1) is 0 Å². The maximum Gasteiger partial charge on any atom is 0.0136 e. The molecule has 1 unspecified atom stereocenters. The van der Waals surface area contributed by atoms with Crippen molar-refractivity contribution in [2.45, 2.75) is 12.3 Å². The van der Waals surface area contributed by atoms with Crippen molar-refractivity contribution in [3.8, 4) is 0 Å². The van der Waals surface area contributed by atoms with E-state index in [9.17, 15) is 0 Å². The fourth-order valence-electron chi connectivity index (χ4n) is 4.68. The molecule has 0 fully saturated rings. The molecule has 0 aliphatic rings. The van der Waals surface area contributed by atoms with E-state index in [1.807, 2.05) is 0 Å². The lowest BCUT2D eigenvalue weighted by atomic mass is 9.82. The maximum absolute atomic E-state index is 2.28. The molecule has 174 valence electrons. The largest absolute Gasteiger partial charge is 0.0622 e. The van der Waals surface area contributed by atoms with E-state index in [4.69, 9.17) is 0 Å². The molecule has 0 amide bonds. The molecule has 0 N–H and O–H groups in total. The quantitative estimate of drug-likeness (QED) is 0.201. The second-order valence-corrected chi connectivity index (χ2v) is 8.98. The van der Waals surface area contributed by atoms with Gasteiger partial charge in [-0.15, -0.1) is 0 Å². The lowest BCUT2D eigenvalue weighted by molar-refractivity contribution is 0.802. The first-order valence-electron chi connectivity index (χ1n) is 12.5. The summed E-state index contributed by atoms with van der Waals surface area (Å²) in [5, 5.41) is 0. The summed E-state index contributed by atoms with van der Waals surface area (Å²) in [6, 6.07) is 49.5. The van der Waals surface area contributed by atoms with Crippen LogP contribution in [0.4, 0.5) is 0 Å². The zero-order chi connectivity index (χ0) is 24.4. The Labute approximate surface area is 214 Å². The van der Waals surface area contributed by atoms with Crippen LogP contribution in [-0.4, -0.2) is 0 Å². The van der Waals surface area contributed by atoms with Gasteiger partial charge in [-0.3, -0.25) is 0 Å². The zero-order valence-corrected chi connectivity index (χ0v) is 20.4. The summed E-state index contributed by atoms with van der Waals surface area (Å²) in [5.74, 6) is 0.245. The molecule has 0 saturated carbocycles. The van der Waals surface area contributed by atoms with E-state index in [1.165, 1.54) is 38.9 Å². The van der Waals surface area contributed by atoms with Gasteiger partial charge in [-0.25, -0.2) is 0 Å². The Morgan fingerprint density at radius 3 is 1.53 bits per heavy atom. The predicted molar refractivity (Wildman–Crippen MR) is 156 cm³/mol. The predicted octanol–water partition coefficient (Wildman–Crippen LogP) is 9.40. The minimum absolute atomic E-state index is 0.245. The molecule has 1 atom stereocenters. The minimum Gasteiger partial charge on any atom is -0.0622 e. The number of rotatable bonds is 8. The minimum atomic E-state index is 0.245. The Hall–Kier alpha value is -4.42. The van der Waals surface area contributed by atoms with Gasteiger partial charge in [0.25, 0.3) is 0 Å². The van der Waals surface area contributed by atoms with Crippen LogP contribution in [0.25, 0.3) is 24.3 Å². The fraction of sp³-hybridized carbons (Fsp3) is 0.0556. The molecule has 0 radical (unpaired) electrons. The summed E-state index contributed by atoms with van der Waals surface area (Å²) < 4.78 is 0. The van der Waals surface area contributed by atoms with E-state index in [1.54, 1.807) is 0 Å². The summed E-state index contributed by atoms with van der Waals surface area (Å²) in [7, 11) is 0. The van der Waals surface area contributed by atoms with Crippen molar-refractivity contribution in [1.82, 2.24) is 0 Å². The standard InChI is InChI=1S/C36H30/c1-4-14-29(15-5-1)24-26-31-18-10-11-22-34(31)28-36(32-19-8-3-9-20-32)35-23-13-12-21-33(35)27-25-30-16-6-2-7-17-30/h1-27,36H,28H2/b26-24+,27-25+. The van der Waals surface area contributed by atoms with Crippen LogP contribution < -0.4 is 0 Å². The Balaban J connectivity index is 1.52. The third kappa shape index (κ3) is 5.98. The molecule has 5 aromatic rings. The molecule has 0 heterocycles. The van der Waals surface area contributed by atoms with Gasteiger partial charge < -0.3 is 0 Å². The Morgan fingerprint density at radius 1 is 0.417 bits per heavy atom. The summed E-state index contributed by atoms with van der Waals surface area (Å²) in [6.07, 6.45) is 9.83. The van der Waals surface area contributed by atoms with Crippen molar-refractivity contribution >= 4 is 24.3 Å². The molecule has 0 aromatic heterocycles. The highest BCUT2D eigenvalue weighted by molar-refractivity contribution is 5.73. The Bertz CT molecular complexity index is 1430. The van der Waals surface area contributed by atoms with Crippen LogP contribution in [0.5, 0.6) is 0 Å². The van der Waals surface area contributed by atoms with Crippen LogP contribution in [0.1, 0.15) is 44.9 Å². The van der Waals surface area contributed by atoms with Gasteiger partial charge in [0, 0.05) is 5.92 Å². The fourth-order valence-corrected chi connectivity index (χ4v) is 4.68. The number of benzene rings is 5. The molecular formula is C36H30. The van der Waals surface area contributed by atoms with E-state index in [0.29, 0.717) is 0 Å². The molecule has 0 saturated heterocycles. The molecule has 0 aliphatic heterocycles. The van der Waals surface area contributed by atoms with Crippen molar-refractivity contribution in [3.63, 3.8) is 0 Å². The summed E-state index contributed by atoms with van der Waals surface area (Å²) in [5.41, 5.74) is 8.97. The molecule has 0 aliphatic carbocycles. The molecule has 0 heteroatoms. The zero-order valence-electron chi connectivity index (χ0n) is 20.4. The molecule has 5 rings (SSSR count). The van der Waals surface area contributed by atoms with E-state index < -0.39 is 0 Å². The highest BCUT2D eigenvalue weighted by atomic mass is 14.2. The average molecular weight is 463 g/mol. The highest BCUT2D eigenvalue weighted by Gasteiger charge is 2.18. The van der Waals surface area contributed by atoms with Crippen molar-refractivity contribution in [2.24, 2.45) is 0 Å². The molecule has 0 spiro atoms. The molecule has 5 aromatic carbocycles. The van der Waals surface area contributed by atoms with Crippen molar-refractivity contribution < 1.29 is 0 Å². The Kier molecular flexibility index (Phi) is 7.66. The van der Waals surface area contributed by atoms with Gasteiger partial charge in [-0.05, 0) is 45.4 Å². The SMILES string of the molecule is C(=C\c1ccccc1CC(c1ccccc1)c1ccccc1/C=C/c1ccccc1)/c1ccccc1. The van der Waals surface area contributed by atoms with Gasteiger partial charge in [0.15, 0.2) is 0 Å². The Morgan fingerprint density at radius 2 is 0.889 bits per heavy atom. The van der Waals surface area contributed by atoms with Crippen LogP contribution in [0.3, 0.4) is 0 Å². The van der Waals surface area contributed by atoms with Crippen LogP contribution in [0.2, 0.25) is 0 Å².